The van der Waals surface area contributed by atoms with Gasteiger partial charge in [0, 0.05) is 26.6 Å². The quantitative estimate of drug-likeness (QED) is 0.521. The summed E-state index contributed by atoms with van der Waals surface area (Å²) in [6.07, 6.45) is 3.79. The molecule has 3 aromatic rings. The van der Waals surface area contributed by atoms with Crippen molar-refractivity contribution in [3.05, 3.63) is 53.1 Å². The predicted octanol–water partition coefficient (Wildman–Crippen LogP) is 5.09. The number of ether oxygens (including phenoxy) is 1. The lowest BCUT2D eigenvalue weighted by molar-refractivity contribution is 0.487. The van der Waals surface area contributed by atoms with Crippen molar-refractivity contribution in [2.24, 2.45) is 0 Å². The van der Waals surface area contributed by atoms with E-state index in [1.165, 1.54) is 4.90 Å². The maximum atomic E-state index is 6.01. The van der Waals surface area contributed by atoms with E-state index in [1.807, 2.05) is 48.7 Å². The Morgan fingerprint density at radius 1 is 1.14 bits per heavy atom. The number of pyridine rings is 1. The standard InChI is InChI=1S/C16H13BrN2OS/c1-21-12-4-2-11(3-5-12)20-15-7-6-14(18)13-8-10(17)9-19-16(13)15/h2-9H,18H2,1H3. The first kappa shape index (κ1) is 14.2. The Morgan fingerprint density at radius 2 is 1.90 bits per heavy atom. The van der Waals surface area contributed by atoms with Crippen molar-refractivity contribution in [2.45, 2.75) is 4.90 Å². The Hall–Kier alpha value is -1.72. The van der Waals surface area contributed by atoms with Crippen LogP contribution >= 0.6 is 27.7 Å². The Morgan fingerprint density at radius 3 is 2.62 bits per heavy atom. The first-order valence-corrected chi connectivity index (χ1v) is 8.35. The summed E-state index contributed by atoms with van der Waals surface area (Å²) in [4.78, 5) is 5.62. The molecule has 0 aliphatic carbocycles. The average Bonchev–Trinajstić information content (AvgIpc) is 2.51. The molecule has 0 saturated heterocycles. The van der Waals surface area contributed by atoms with Gasteiger partial charge in [0.05, 0.1) is 0 Å². The zero-order chi connectivity index (χ0) is 14.8. The number of fused-ring (bicyclic) bond motifs is 1. The van der Waals surface area contributed by atoms with Gasteiger partial charge in [-0.25, -0.2) is 0 Å². The molecule has 1 heterocycles. The second kappa shape index (κ2) is 5.95. The third-order valence-corrected chi connectivity index (χ3v) is 4.28. The molecular formula is C16H13BrN2OS. The predicted molar refractivity (Wildman–Crippen MR) is 92.2 cm³/mol. The van der Waals surface area contributed by atoms with Gasteiger partial charge in [-0.3, -0.25) is 4.98 Å². The average molecular weight is 361 g/mol. The summed E-state index contributed by atoms with van der Waals surface area (Å²) in [5, 5.41) is 0.877. The van der Waals surface area contributed by atoms with E-state index in [0.717, 1.165) is 21.1 Å². The van der Waals surface area contributed by atoms with Crippen LogP contribution in [0.2, 0.25) is 0 Å². The third kappa shape index (κ3) is 2.99. The normalized spacial score (nSPS) is 10.8. The summed E-state index contributed by atoms with van der Waals surface area (Å²) in [5.74, 6) is 1.48. The van der Waals surface area contributed by atoms with Gasteiger partial charge in [0.1, 0.15) is 11.3 Å². The van der Waals surface area contributed by atoms with Crippen molar-refractivity contribution in [2.75, 3.05) is 12.0 Å². The molecule has 0 atom stereocenters. The number of aromatic nitrogens is 1. The first-order valence-electron chi connectivity index (χ1n) is 6.33. The van der Waals surface area contributed by atoms with Crippen LogP contribution in [0.25, 0.3) is 10.9 Å². The Kier molecular flexibility index (Phi) is 4.03. The topological polar surface area (TPSA) is 48.1 Å². The van der Waals surface area contributed by atoms with Gasteiger partial charge < -0.3 is 10.5 Å². The molecule has 0 unspecified atom stereocenters. The van der Waals surface area contributed by atoms with Gasteiger partial charge in [0.2, 0.25) is 0 Å². The van der Waals surface area contributed by atoms with Crippen molar-refractivity contribution in [1.29, 1.82) is 0 Å². The van der Waals surface area contributed by atoms with Crippen LogP contribution in [0.15, 0.2) is 58.0 Å². The van der Waals surface area contributed by atoms with E-state index in [-0.39, 0.29) is 0 Å². The fourth-order valence-electron chi connectivity index (χ4n) is 2.04. The van der Waals surface area contributed by atoms with Crippen molar-refractivity contribution < 1.29 is 4.74 Å². The number of hydrogen-bond donors (Lipinski definition) is 1. The Labute approximate surface area is 135 Å². The number of anilines is 1. The summed E-state index contributed by atoms with van der Waals surface area (Å²) < 4.78 is 6.84. The minimum absolute atomic E-state index is 0.684. The van der Waals surface area contributed by atoms with Crippen LogP contribution in [-0.2, 0) is 0 Å². The highest BCUT2D eigenvalue weighted by molar-refractivity contribution is 9.10. The largest absolute Gasteiger partial charge is 0.455 e. The van der Waals surface area contributed by atoms with Gasteiger partial charge in [0.15, 0.2) is 5.75 Å². The lowest BCUT2D eigenvalue weighted by Gasteiger charge is -2.10. The summed E-state index contributed by atoms with van der Waals surface area (Å²) in [6, 6.07) is 13.6. The van der Waals surface area contributed by atoms with Crippen molar-refractivity contribution in [1.82, 2.24) is 4.98 Å². The van der Waals surface area contributed by atoms with Crippen LogP contribution < -0.4 is 10.5 Å². The Bertz CT molecular complexity index is 790. The van der Waals surface area contributed by atoms with Gasteiger partial charge in [-0.2, -0.15) is 0 Å². The number of nitrogens with two attached hydrogens (primary N) is 1. The first-order chi connectivity index (χ1) is 10.2. The van der Waals surface area contributed by atoms with E-state index < -0.39 is 0 Å². The molecule has 0 saturated carbocycles. The second-order valence-corrected chi connectivity index (χ2v) is 6.28. The maximum Gasteiger partial charge on any atom is 0.153 e. The van der Waals surface area contributed by atoms with E-state index in [0.29, 0.717) is 11.4 Å². The van der Waals surface area contributed by atoms with E-state index in [2.05, 4.69) is 20.9 Å². The molecule has 21 heavy (non-hydrogen) atoms. The lowest BCUT2D eigenvalue weighted by atomic mass is 10.1. The molecule has 5 heteroatoms. The van der Waals surface area contributed by atoms with Crippen molar-refractivity contribution in [3.63, 3.8) is 0 Å². The number of hydrogen-bond acceptors (Lipinski definition) is 4. The molecule has 2 N–H and O–H groups in total. The summed E-state index contributed by atoms with van der Waals surface area (Å²) in [6.45, 7) is 0. The number of halogens is 1. The van der Waals surface area contributed by atoms with Crippen LogP contribution in [-0.4, -0.2) is 11.2 Å². The maximum absolute atomic E-state index is 6.01. The van der Waals surface area contributed by atoms with Crippen LogP contribution in [0.5, 0.6) is 11.5 Å². The zero-order valence-electron chi connectivity index (χ0n) is 11.3. The van der Waals surface area contributed by atoms with Crippen molar-refractivity contribution in [3.8, 4) is 11.5 Å². The smallest absolute Gasteiger partial charge is 0.153 e. The highest BCUT2D eigenvalue weighted by Gasteiger charge is 2.08. The van der Waals surface area contributed by atoms with Crippen molar-refractivity contribution >= 4 is 44.3 Å². The molecule has 0 spiro atoms. The number of thioether (sulfide) groups is 1. The highest BCUT2D eigenvalue weighted by atomic mass is 79.9. The number of benzene rings is 2. The van der Waals surface area contributed by atoms with Crippen LogP contribution in [0.1, 0.15) is 0 Å². The number of rotatable bonds is 3. The van der Waals surface area contributed by atoms with E-state index in [1.54, 1.807) is 18.0 Å². The minimum Gasteiger partial charge on any atom is -0.455 e. The van der Waals surface area contributed by atoms with Gasteiger partial charge in [-0.1, -0.05) is 0 Å². The molecular weight excluding hydrogens is 348 g/mol. The van der Waals surface area contributed by atoms with Gasteiger partial charge in [0.25, 0.3) is 0 Å². The Balaban J connectivity index is 2.02. The van der Waals surface area contributed by atoms with Crippen LogP contribution in [0.3, 0.4) is 0 Å². The van der Waals surface area contributed by atoms with Gasteiger partial charge in [-0.15, -0.1) is 11.8 Å². The summed E-state index contributed by atoms with van der Waals surface area (Å²) >= 11 is 5.11. The second-order valence-electron chi connectivity index (χ2n) is 4.48. The molecule has 2 aromatic carbocycles. The lowest BCUT2D eigenvalue weighted by Crippen LogP contribution is -1.92. The monoisotopic (exact) mass is 360 g/mol. The van der Waals surface area contributed by atoms with Crippen LogP contribution in [0, 0.1) is 0 Å². The third-order valence-electron chi connectivity index (χ3n) is 3.10. The summed E-state index contributed by atoms with van der Waals surface area (Å²) in [5.41, 5.74) is 7.45. The molecule has 106 valence electrons. The number of nitrogen functional groups attached to an aromatic ring is 1. The molecule has 0 radical (unpaired) electrons. The molecule has 0 amide bonds. The number of nitrogens with zero attached hydrogens (tertiary/aromatic N) is 1. The van der Waals surface area contributed by atoms with E-state index in [4.69, 9.17) is 10.5 Å². The van der Waals surface area contributed by atoms with Crippen LogP contribution in [0.4, 0.5) is 5.69 Å². The van der Waals surface area contributed by atoms with E-state index in [9.17, 15) is 0 Å². The molecule has 0 fully saturated rings. The SMILES string of the molecule is CSc1ccc(Oc2ccc(N)c3cc(Br)cnc23)cc1. The molecule has 0 aliphatic rings. The molecule has 3 nitrogen and oxygen atoms in total. The van der Waals surface area contributed by atoms with E-state index >= 15 is 0 Å². The fourth-order valence-corrected chi connectivity index (χ4v) is 2.78. The zero-order valence-corrected chi connectivity index (χ0v) is 13.7. The minimum atomic E-state index is 0.684. The summed E-state index contributed by atoms with van der Waals surface area (Å²) in [7, 11) is 0. The molecule has 0 aliphatic heterocycles. The van der Waals surface area contributed by atoms with Gasteiger partial charge in [-0.05, 0) is 64.7 Å². The molecule has 1 aromatic heterocycles. The molecule has 0 bridgehead atoms. The highest BCUT2D eigenvalue weighted by Crippen LogP contribution is 2.33. The molecule has 3 rings (SSSR count). The van der Waals surface area contributed by atoms with Gasteiger partial charge >= 0.3 is 0 Å². The fraction of sp³-hybridized carbons (Fsp3) is 0.0625.